The number of thiophene rings is 1. The Morgan fingerprint density at radius 2 is 1.88 bits per heavy atom. The van der Waals surface area contributed by atoms with E-state index in [1.807, 2.05) is 66.9 Å². The average Bonchev–Trinajstić information content (AvgIpc) is 3.57. The highest BCUT2D eigenvalue weighted by Crippen LogP contribution is 2.38. The molecule has 2 aromatic carbocycles. The van der Waals surface area contributed by atoms with Gasteiger partial charge in [0.2, 0.25) is 5.82 Å². The minimum Gasteiger partial charge on any atom is -0.497 e. The number of hydrogen-bond acceptors (Lipinski definition) is 6. The Morgan fingerprint density at radius 3 is 2.59 bits per heavy atom. The van der Waals surface area contributed by atoms with E-state index in [4.69, 9.17) is 9.26 Å². The number of benzene rings is 2. The first-order valence-electron chi connectivity index (χ1n) is 11.0. The number of nitrogens with zero attached hydrogens (tertiary/aromatic N) is 3. The Morgan fingerprint density at radius 1 is 1.09 bits per heavy atom. The lowest BCUT2D eigenvalue weighted by Crippen LogP contribution is -2.46. The van der Waals surface area contributed by atoms with E-state index in [-0.39, 0.29) is 6.03 Å². The average molecular weight is 473 g/mol. The first-order chi connectivity index (χ1) is 16.6. The molecule has 0 bridgehead atoms. The fraction of sp³-hybridized carbons (Fsp3) is 0.192. The highest BCUT2D eigenvalue weighted by atomic mass is 32.1. The first kappa shape index (κ1) is 21.9. The van der Waals surface area contributed by atoms with Crippen LogP contribution >= 0.6 is 11.3 Å². The minimum atomic E-state index is -0.428. The van der Waals surface area contributed by atoms with Crippen LogP contribution in [0.15, 0.2) is 82.3 Å². The molecule has 1 aliphatic heterocycles. The third-order valence-corrected chi connectivity index (χ3v) is 6.78. The fourth-order valence-electron chi connectivity index (χ4n) is 4.10. The summed E-state index contributed by atoms with van der Waals surface area (Å²) in [6, 6.07) is 21.1. The van der Waals surface area contributed by atoms with Crippen molar-refractivity contribution in [1.82, 2.24) is 20.4 Å². The molecule has 2 aromatic heterocycles. The number of urea groups is 1. The van der Waals surface area contributed by atoms with Gasteiger partial charge in [-0.25, -0.2) is 4.79 Å². The van der Waals surface area contributed by atoms with Gasteiger partial charge in [0.15, 0.2) is 0 Å². The van der Waals surface area contributed by atoms with Crippen molar-refractivity contribution >= 4 is 22.9 Å². The molecule has 5 rings (SSSR count). The summed E-state index contributed by atoms with van der Waals surface area (Å²) in [6.45, 7) is 2.47. The molecule has 2 amide bonds. The molecule has 0 radical (unpaired) electrons. The number of rotatable bonds is 7. The quantitative estimate of drug-likeness (QED) is 0.382. The van der Waals surface area contributed by atoms with Gasteiger partial charge in [0.05, 0.1) is 23.6 Å². The van der Waals surface area contributed by atoms with E-state index in [0.29, 0.717) is 18.3 Å². The van der Waals surface area contributed by atoms with Crippen LogP contribution in [-0.4, -0.2) is 34.7 Å². The van der Waals surface area contributed by atoms with Gasteiger partial charge in [0, 0.05) is 12.2 Å². The number of carbonyl (C=O) groups excluding carboxylic acids is 1. The molecule has 7 nitrogen and oxygen atoms in total. The Balaban J connectivity index is 1.53. The molecule has 1 aliphatic rings. The Bertz CT molecular complexity index is 1300. The molecule has 3 heterocycles. The maximum Gasteiger partial charge on any atom is 0.322 e. The van der Waals surface area contributed by atoms with Crippen LogP contribution in [0.5, 0.6) is 5.75 Å². The van der Waals surface area contributed by atoms with Crippen molar-refractivity contribution in [2.24, 2.45) is 0 Å². The molecule has 1 atom stereocenters. The minimum absolute atomic E-state index is 0.156. The van der Waals surface area contributed by atoms with Gasteiger partial charge in [0.1, 0.15) is 5.75 Å². The molecule has 8 heteroatoms. The Hall–Kier alpha value is -3.91. The van der Waals surface area contributed by atoms with Gasteiger partial charge in [-0.1, -0.05) is 53.7 Å². The first-order valence-corrected chi connectivity index (χ1v) is 11.9. The van der Waals surface area contributed by atoms with Gasteiger partial charge in [-0.3, -0.25) is 4.90 Å². The smallest absolute Gasteiger partial charge is 0.322 e. The zero-order valence-corrected chi connectivity index (χ0v) is 19.7. The molecule has 1 unspecified atom stereocenters. The zero-order chi connectivity index (χ0) is 23.5. The van der Waals surface area contributed by atoms with Crippen LogP contribution in [0.2, 0.25) is 0 Å². The standard InChI is InChI=1S/C26H24N4O3S/c1-17-22(25-28-24(29-33-25)21-9-6-16-34-21)23(19-10-12-20(32-2)13-11-19)27-26(31)30(17)15-14-18-7-4-3-5-8-18/h3-13,16,23H,14-15H2,1-2H3,(H,27,31). The van der Waals surface area contributed by atoms with Crippen LogP contribution in [0.25, 0.3) is 16.3 Å². The van der Waals surface area contributed by atoms with Crippen molar-refractivity contribution in [3.05, 3.63) is 94.8 Å². The second kappa shape index (κ2) is 9.52. The summed E-state index contributed by atoms with van der Waals surface area (Å²) >= 11 is 1.55. The van der Waals surface area contributed by atoms with E-state index in [1.54, 1.807) is 23.3 Å². The largest absolute Gasteiger partial charge is 0.497 e. The van der Waals surface area contributed by atoms with Gasteiger partial charge >= 0.3 is 6.03 Å². The van der Waals surface area contributed by atoms with Crippen LogP contribution in [0, 0.1) is 0 Å². The SMILES string of the molecule is COc1ccc(C2NC(=O)N(CCc3ccccc3)C(C)=C2c2nc(-c3cccs3)no2)cc1. The predicted molar refractivity (Wildman–Crippen MR) is 131 cm³/mol. The van der Waals surface area contributed by atoms with Gasteiger partial charge in [0.25, 0.3) is 5.89 Å². The number of aromatic nitrogens is 2. The van der Waals surface area contributed by atoms with Crippen molar-refractivity contribution in [3.63, 3.8) is 0 Å². The van der Waals surface area contributed by atoms with Gasteiger partial charge < -0.3 is 14.6 Å². The predicted octanol–water partition coefficient (Wildman–Crippen LogP) is 5.55. The summed E-state index contributed by atoms with van der Waals surface area (Å²) in [5.74, 6) is 1.67. The maximum absolute atomic E-state index is 13.2. The number of hydrogen-bond donors (Lipinski definition) is 1. The molecule has 0 fully saturated rings. The Kier molecular flexibility index (Phi) is 6.14. The number of ether oxygens (including phenoxy) is 1. The van der Waals surface area contributed by atoms with Crippen molar-refractivity contribution in [3.8, 4) is 16.5 Å². The van der Waals surface area contributed by atoms with Crippen LogP contribution < -0.4 is 10.1 Å². The molecule has 4 aromatic rings. The lowest BCUT2D eigenvalue weighted by Gasteiger charge is -2.35. The lowest BCUT2D eigenvalue weighted by atomic mass is 9.94. The summed E-state index contributed by atoms with van der Waals surface area (Å²) in [4.78, 5) is 20.6. The van der Waals surface area contributed by atoms with Gasteiger partial charge in [-0.05, 0) is 48.1 Å². The van der Waals surface area contributed by atoms with E-state index in [0.717, 1.165) is 33.9 Å². The van der Waals surface area contributed by atoms with Crippen LogP contribution in [0.4, 0.5) is 4.79 Å². The second-order valence-corrected chi connectivity index (χ2v) is 8.89. The zero-order valence-electron chi connectivity index (χ0n) is 18.9. The molecule has 0 saturated carbocycles. The number of methoxy groups -OCH3 is 1. The van der Waals surface area contributed by atoms with Crippen molar-refractivity contribution in [2.45, 2.75) is 19.4 Å². The van der Waals surface area contributed by atoms with Crippen LogP contribution in [-0.2, 0) is 6.42 Å². The number of nitrogens with one attached hydrogen (secondary N) is 1. The van der Waals surface area contributed by atoms with Gasteiger partial charge in [-0.2, -0.15) is 4.98 Å². The summed E-state index contributed by atoms with van der Waals surface area (Å²) < 4.78 is 11.0. The molecular weight excluding hydrogens is 448 g/mol. The highest BCUT2D eigenvalue weighted by molar-refractivity contribution is 7.13. The molecule has 1 N–H and O–H groups in total. The van der Waals surface area contributed by atoms with Gasteiger partial charge in [-0.15, -0.1) is 11.3 Å². The number of allylic oxidation sites excluding steroid dienone is 1. The van der Waals surface area contributed by atoms with E-state index in [1.165, 1.54) is 5.56 Å². The molecule has 0 saturated heterocycles. The highest BCUT2D eigenvalue weighted by Gasteiger charge is 2.35. The summed E-state index contributed by atoms with van der Waals surface area (Å²) in [6.07, 6.45) is 0.733. The van der Waals surface area contributed by atoms with Crippen molar-refractivity contribution in [1.29, 1.82) is 0 Å². The maximum atomic E-state index is 13.2. The third kappa shape index (κ3) is 4.32. The van der Waals surface area contributed by atoms with E-state index in [9.17, 15) is 4.79 Å². The third-order valence-electron chi connectivity index (χ3n) is 5.91. The van der Waals surface area contributed by atoms with E-state index >= 15 is 0 Å². The van der Waals surface area contributed by atoms with E-state index in [2.05, 4.69) is 27.6 Å². The summed E-state index contributed by atoms with van der Waals surface area (Å²) in [5, 5.41) is 9.32. The molecule has 0 spiro atoms. The fourth-order valence-corrected chi connectivity index (χ4v) is 4.75. The normalized spacial score (nSPS) is 16.0. The lowest BCUT2D eigenvalue weighted by molar-refractivity contribution is 0.205. The van der Waals surface area contributed by atoms with Crippen molar-refractivity contribution < 1.29 is 14.1 Å². The second-order valence-electron chi connectivity index (χ2n) is 7.94. The number of amides is 2. The van der Waals surface area contributed by atoms with E-state index < -0.39 is 6.04 Å². The monoisotopic (exact) mass is 472 g/mol. The molecule has 172 valence electrons. The van der Waals surface area contributed by atoms with Crippen LogP contribution in [0.3, 0.4) is 0 Å². The molecular formula is C26H24N4O3S. The number of carbonyl (C=O) groups is 1. The molecule has 0 aliphatic carbocycles. The molecule has 34 heavy (non-hydrogen) atoms. The summed E-state index contributed by atoms with van der Waals surface area (Å²) in [5.41, 5.74) is 3.65. The summed E-state index contributed by atoms with van der Waals surface area (Å²) in [7, 11) is 1.63. The van der Waals surface area contributed by atoms with Crippen molar-refractivity contribution in [2.75, 3.05) is 13.7 Å². The van der Waals surface area contributed by atoms with Crippen LogP contribution in [0.1, 0.15) is 30.0 Å². The Labute approximate surface area is 201 Å². The topological polar surface area (TPSA) is 80.5 Å².